The van der Waals surface area contributed by atoms with Gasteiger partial charge in [0.15, 0.2) is 4.96 Å². The minimum Gasteiger partial charge on any atom is -0.323 e. The summed E-state index contributed by atoms with van der Waals surface area (Å²) in [6.07, 6.45) is 1.91. The zero-order valence-electron chi connectivity index (χ0n) is 8.64. The lowest BCUT2D eigenvalue weighted by Gasteiger charge is -1.96. The molecule has 0 fully saturated rings. The number of aromatic nitrogens is 2. The molecule has 3 aromatic rings. The van der Waals surface area contributed by atoms with Crippen LogP contribution in [-0.2, 0) is 0 Å². The monoisotopic (exact) mass is 235 g/mol. The lowest BCUT2D eigenvalue weighted by atomic mass is 10.3. The minimum atomic E-state index is -0.218. The molecule has 0 saturated carbocycles. The zero-order valence-corrected chi connectivity index (χ0v) is 9.46. The summed E-state index contributed by atoms with van der Waals surface area (Å²) in [6, 6.07) is 4.67. The molecule has 2 N–H and O–H groups in total. The van der Waals surface area contributed by atoms with Crippen LogP contribution in [0.5, 0.6) is 0 Å². The van der Waals surface area contributed by atoms with Crippen molar-refractivity contribution in [2.45, 2.75) is 13.0 Å². The average molecular weight is 235 g/mol. The number of hydrogen-bond donors (Lipinski definition) is 1. The first-order chi connectivity index (χ1) is 7.65. The highest BCUT2D eigenvalue weighted by Crippen LogP contribution is 2.27. The van der Waals surface area contributed by atoms with E-state index >= 15 is 0 Å². The Balaban J connectivity index is 2.34. The van der Waals surface area contributed by atoms with Gasteiger partial charge in [0, 0.05) is 12.2 Å². The Hall–Kier alpha value is -1.46. The van der Waals surface area contributed by atoms with E-state index in [1.54, 1.807) is 6.07 Å². The summed E-state index contributed by atoms with van der Waals surface area (Å²) in [7, 11) is 0. The average Bonchev–Trinajstić information content (AvgIpc) is 2.73. The van der Waals surface area contributed by atoms with E-state index in [2.05, 4.69) is 4.98 Å². The topological polar surface area (TPSA) is 43.3 Å². The fourth-order valence-corrected chi connectivity index (χ4v) is 2.75. The highest BCUT2D eigenvalue weighted by atomic mass is 32.1. The maximum atomic E-state index is 13.0. The van der Waals surface area contributed by atoms with E-state index in [9.17, 15) is 4.39 Å². The molecule has 2 aromatic heterocycles. The van der Waals surface area contributed by atoms with Crippen LogP contribution in [0.1, 0.15) is 18.7 Å². The van der Waals surface area contributed by atoms with Gasteiger partial charge in [-0.05, 0) is 25.1 Å². The molecule has 3 rings (SSSR count). The van der Waals surface area contributed by atoms with E-state index in [0.717, 1.165) is 20.9 Å². The van der Waals surface area contributed by atoms with Gasteiger partial charge in [-0.1, -0.05) is 11.3 Å². The normalized spacial score (nSPS) is 13.7. The van der Waals surface area contributed by atoms with Crippen LogP contribution in [-0.4, -0.2) is 9.38 Å². The number of rotatable bonds is 1. The van der Waals surface area contributed by atoms with Crippen molar-refractivity contribution in [3.8, 4) is 0 Å². The summed E-state index contributed by atoms with van der Waals surface area (Å²) in [4.78, 5) is 5.27. The maximum absolute atomic E-state index is 13.0. The third kappa shape index (κ3) is 1.32. The molecule has 1 atom stereocenters. The molecule has 1 unspecified atom stereocenters. The first kappa shape index (κ1) is 9.74. The first-order valence-electron chi connectivity index (χ1n) is 4.98. The predicted molar refractivity (Wildman–Crippen MR) is 63.1 cm³/mol. The minimum absolute atomic E-state index is 0.0809. The smallest absolute Gasteiger partial charge is 0.195 e. The Kier molecular flexibility index (Phi) is 1.99. The van der Waals surface area contributed by atoms with Crippen molar-refractivity contribution in [2.75, 3.05) is 0 Å². The Morgan fingerprint density at radius 3 is 3.06 bits per heavy atom. The number of imidazole rings is 1. The molecule has 82 valence electrons. The molecular formula is C11H10FN3S. The molecule has 0 radical (unpaired) electrons. The van der Waals surface area contributed by atoms with E-state index < -0.39 is 0 Å². The van der Waals surface area contributed by atoms with Gasteiger partial charge in [0.2, 0.25) is 0 Å². The third-order valence-corrected chi connectivity index (χ3v) is 3.56. The van der Waals surface area contributed by atoms with Crippen molar-refractivity contribution >= 4 is 26.5 Å². The molecule has 0 amide bonds. The number of hydrogen-bond acceptors (Lipinski definition) is 3. The van der Waals surface area contributed by atoms with Crippen molar-refractivity contribution in [2.24, 2.45) is 5.73 Å². The largest absolute Gasteiger partial charge is 0.323 e. The SMILES string of the molecule is CC(N)c1cn2c(n1)sc1cc(F)ccc12. The van der Waals surface area contributed by atoms with E-state index in [-0.39, 0.29) is 11.9 Å². The molecule has 16 heavy (non-hydrogen) atoms. The van der Waals surface area contributed by atoms with Gasteiger partial charge < -0.3 is 5.73 Å². The van der Waals surface area contributed by atoms with Crippen LogP contribution in [0.25, 0.3) is 15.2 Å². The van der Waals surface area contributed by atoms with Crippen LogP contribution in [0.15, 0.2) is 24.4 Å². The Labute approximate surface area is 95.3 Å². The second-order valence-electron chi connectivity index (χ2n) is 3.82. The standard InChI is InChI=1S/C11H10FN3S/c1-6(13)8-5-15-9-3-2-7(12)4-10(9)16-11(15)14-8/h2-6H,13H2,1H3. The predicted octanol–water partition coefficient (Wildman–Crippen LogP) is 2.71. The molecule has 5 heteroatoms. The van der Waals surface area contributed by atoms with E-state index in [1.165, 1.54) is 23.5 Å². The van der Waals surface area contributed by atoms with Crippen LogP contribution in [0.2, 0.25) is 0 Å². The van der Waals surface area contributed by atoms with Gasteiger partial charge >= 0.3 is 0 Å². The Morgan fingerprint density at radius 1 is 1.50 bits per heavy atom. The summed E-state index contributed by atoms with van der Waals surface area (Å²) in [5.41, 5.74) is 7.61. The van der Waals surface area contributed by atoms with Gasteiger partial charge in [0.1, 0.15) is 5.82 Å². The van der Waals surface area contributed by atoms with Crippen LogP contribution < -0.4 is 5.73 Å². The van der Waals surface area contributed by atoms with Gasteiger partial charge in [-0.3, -0.25) is 4.40 Å². The van der Waals surface area contributed by atoms with Crippen LogP contribution in [0.3, 0.4) is 0 Å². The molecule has 0 aliphatic carbocycles. The fraction of sp³-hybridized carbons (Fsp3) is 0.182. The van der Waals surface area contributed by atoms with Crippen molar-refractivity contribution in [1.29, 1.82) is 0 Å². The molecule has 0 saturated heterocycles. The zero-order chi connectivity index (χ0) is 11.3. The summed E-state index contributed by atoms with van der Waals surface area (Å²) in [5.74, 6) is -0.218. The van der Waals surface area contributed by atoms with Crippen molar-refractivity contribution in [3.05, 3.63) is 35.9 Å². The number of fused-ring (bicyclic) bond motifs is 3. The van der Waals surface area contributed by atoms with Crippen molar-refractivity contribution in [1.82, 2.24) is 9.38 Å². The first-order valence-corrected chi connectivity index (χ1v) is 5.79. The van der Waals surface area contributed by atoms with Crippen LogP contribution in [0, 0.1) is 5.82 Å². The summed E-state index contributed by atoms with van der Waals surface area (Å²) >= 11 is 1.47. The van der Waals surface area contributed by atoms with Gasteiger partial charge in [-0.25, -0.2) is 9.37 Å². The number of halogens is 1. The van der Waals surface area contributed by atoms with Crippen molar-refractivity contribution in [3.63, 3.8) is 0 Å². The molecule has 0 aliphatic rings. The summed E-state index contributed by atoms with van der Waals surface area (Å²) < 4.78 is 15.9. The van der Waals surface area contributed by atoms with E-state index in [1.807, 2.05) is 17.5 Å². The summed E-state index contributed by atoms with van der Waals surface area (Å²) in [5, 5.41) is 0. The van der Waals surface area contributed by atoms with Gasteiger partial charge in [-0.2, -0.15) is 0 Å². The molecule has 2 heterocycles. The van der Waals surface area contributed by atoms with E-state index in [4.69, 9.17) is 5.73 Å². The fourth-order valence-electron chi connectivity index (χ4n) is 1.71. The molecule has 3 nitrogen and oxygen atoms in total. The highest BCUT2D eigenvalue weighted by molar-refractivity contribution is 7.23. The highest BCUT2D eigenvalue weighted by Gasteiger charge is 2.11. The van der Waals surface area contributed by atoms with Gasteiger partial charge in [0.25, 0.3) is 0 Å². The Morgan fingerprint density at radius 2 is 2.31 bits per heavy atom. The lowest BCUT2D eigenvalue weighted by Crippen LogP contribution is -2.04. The van der Waals surface area contributed by atoms with Crippen LogP contribution >= 0.6 is 11.3 Å². The Bertz CT molecular complexity index is 668. The van der Waals surface area contributed by atoms with Crippen molar-refractivity contribution < 1.29 is 4.39 Å². The molecule has 0 aliphatic heterocycles. The second kappa shape index (κ2) is 3.26. The number of nitrogens with two attached hydrogens (primary N) is 1. The second-order valence-corrected chi connectivity index (χ2v) is 4.83. The maximum Gasteiger partial charge on any atom is 0.195 e. The number of nitrogens with zero attached hydrogens (tertiary/aromatic N) is 2. The molecule has 0 bridgehead atoms. The molecule has 1 aromatic carbocycles. The number of thiazole rings is 1. The van der Waals surface area contributed by atoms with Crippen LogP contribution in [0.4, 0.5) is 4.39 Å². The number of benzene rings is 1. The molecular weight excluding hydrogens is 225 g/mol. The molecule has 0 spiro atoms. The third-order valence-electron chi connectivity index (χ3n) is 2.54. The lowest BCUT2D eigenvalue weighted by molar-refractivity contribution is 0.630. The quantitative estimate of drug-likeness (QED) is 0.704. The van der Waals surface area contributed by atoms with E-state index in [0.29, 0.717) is 0 Å². The van der Waals surface area contributed by atoms with Gasteiger partial charge in [0.05, 0.1) is 15.9 Å². The summed E-state index contributed by atoms with van der Waals surface area (Å²) in [6.45, 7) is 1.90. The van der Waals surface area contributed by atoms with Gasteiger partial charge in [-0.15, -0.1) is 0 Å².